The molecule has 0 unspecified atom stereocenters. The van der Waals surface area contributed by atoms with Crippen LogP contribution in [0.25, 0.3) is 54.5 Å². The molecule has 6 heterocycles. The molecule has 0 aliphatic carbocycles. The van der Waals surface area contributed by atoms with Crippen molar-refractivity contribution in [2.45, 2.75) is 178 Å². The highest BCUT2D eigenvalue weighted by molar-refractivity contribution is 9.09. The number of fused-ring (bicyclic) bond motifs is 5. The topological polar surface area (TPSA) is 228 Å². The van der Waals surface area contributed by atoms with Crippen molar-refractivity contribution in [2.75, 3.05) is 5.33 Å². The van der Waals surface area contributed by atoms with E-state index in [0.717, 1.165) is 67.5 Å². The molecule has 0 amide bonds. The number of Topliss-reactive ketones (excluding diaryl/α,β-unsaturated/α-hetero) is 4. The van der Waals surface area contributed by atoms with Crippen LogP contribution in [0.1, 0.15) is 199 Å². The van der Waals surface area contributed by atoms with Gasteiger partial charge in [0.1, 0.15) is 0 Å². The third-order valence-electron chi connectivity index (χ3n) is 12.2. The van der Waals surface area contributed by atoms with Gasteiger partial charge in [-0.3, -0.25) is 19.2 Å². The molecule has 506 valence electrons. The number of aromatic amines is 4. The van der Waals surface area contributed by atoms with Crippen LogP contribution in [0.2, 0.25) is 0 Å². The molecule has 15 nitrogen and oxygen atoms in total. The summed E-state index contributed by atoms with van der Waals surface area (Å²) < 4.78 is 40.6. The SMILES string of the molecule is C.C.C.C.CC.CC.CC.CC.CC.CCC(=O)c1c[nH]c2ccccc12.CCC(=O)c1cn(CCC#N)c2ccccc12.CCC(=O)c1cn(CCc2nn[nH]n2)c2ccccc12.N#CCCBr.O=C(c1c[nH]c2ccccc12)C(F)(F)F.c1ccc2[nH]ccc2c1. The molecule has 4 N–H and O–H groups in total. The van der Waals surface area contributed by atoms with E-state index >= 15 is 0 Å². The van der Waals surface area contributed by atoms with Crippen molar-refractivity contribution in [3.05, 3.63) is 186 Å². The summed E-state index contributed by atoms with van der Waals surface area (Å²) in [4.78, 5) is 55.1. The minimum Gasteiger partial charge on any atom is -0.361 e. The summed E-state index contributed by atoms with van der Waals surface area (Å²) in [7, 11) is 0. The molecule has 0 fully saturated rings. The number of halogens is 4. The molecule has 93 heavy (non-hydrogen) atoms. The van der Waals surface area contributed by atoms with Gasteiger partial charge in [-0.2, -0.15) is 28.9 Å². The Bertz CT molecular complexity index is 3830. The Morgan fingerprint density at radius 3 is 1.31 bits per heavy atom. The lowest BCUT2D eigenvalue weighted by Crippen LogP contribution is -2.22. The van der Waals surface area contributed by atoms with Crippen molar-refractivity contribution < 1.29 is 32.3 Å². The number of tetrazole rings is 1. The Kier molecular flexibility index (Phi) is 49.9. The number of nitriles is 2. The molecule has 0 spiro atoms. The van der Waals surface area contributed by atoms with E-state index in [1.807, 2.05) is 204 Å². The van der Waals surface area contributed by atoms with Crippen molar-refractivity contribution in [1.82, 2.24) is 44.7 Å². The smallest absolute Gasteiger partial charge is 0.361 e. The second kappa shape index (κ2) is 51.4. The second-order valence-corrected chi connectivity index (χ2v) is 18.1. The number of H-pyrrole nitrogens is 4. The maximum atomic E-state index is 12.2. The van der Waals surface area contributed by atoms with Gasteiger partial charge in [-0.15, -0.1) is 10.2 Å². The van der Waals surface area contributed by atoms with Gasteiger partial charge in [-0.1, -0.05) is 232 Å². The van der Waals surface area contributed by atoms with E-state index in [2.05, 4.69) is 80.3 Å². The van der Waals surface area contributed by atoms with Crippen LogP contribution in [0.15, 0.2) is 158 Å². The first-order valence-corrected chi connectivity index (χ1v) is 31.4. The number of aromatic nitrogens is 9. The molecule has 11 rings (SSSR count). The number of hydrogen-bond acceptors (Lipinski definition) is 9. The Morgan fingerprint density at radius 2 is 0.903 bits per heavy atom. The van der Waals surface area contributed by atoms with E-state index < -0.39 is 12.0 Å². The van der Waals surface area contributed by atoms with Crippen LogP contribution < -0.4 is 0 Å². The van der Waals surface area contributed by atoms with Crippen LogP contribution in [0.3, 0.4) is 0 Å². The number of alkyl halides is 4. The standard InChI is InChI=1S/C14H15N5O.C14H14N2O.C11H11NO.C10H6F3NO.C8H7N.C3H4BrN.5C2H6.4CH4/c1-2-13(20)11-9-19(8-7-14-15-17-18-16-14)12-6-4-3-5-10(11)12;1-2-14(17)12-10-16(9-5-8-15)13-7-4-3-6-11(12)13;1-2-11(13)9-7-12-10-6-4-3-5-8(9)10;11-10(12,13)9(15)7-5-14-8-4-2-1-3-6(7)8;1-2-4-8-7(3-1)5-6-9-8;4-2-1-3-5;5*1-2;;;;/h3-6,9H,2,7-8H2,1H3,(H,15,16,17,18);3-4,6-7,10H,2,5,9H2,1H3;3-7,12H,2H2,1H3;1-5,14H;1-6,9H;1-2H2;5*1-2H3;4*1H4. The average molecular weight is 1350 g/mol. The van der Waals surface area contributed by atoms with E-state index in [1.54, 1.807) is 24.4 Å². The van der Waals surface area contributed by atoms with Gasteiger partial charge in [0, 0.05) is 147 Å². The lowest BCUT2D eigenvalue weighted by atomic mass is 10.1. The van der Waals surface area contributed by atoms with Crippen molar-refractivity contribution in [1.29, 1.82) is 10.5 Å². The van der Waals surface area contributed by atoms with E-state index in [-0.39, 0.29) is 52.6 Å². The summed E-state index contributed by atoms with van der Waals surface area (Å²) >= 11 is 3.09. The van der Waals surface area contributed by atoms with Gasteiger partial charge in [-0.05, 0) is 41.8 Å². The van der Waals surface area contributed by atoms with Crippen LogP contribution in [0.4, 0.5) is 13.2 Å². The quantitative estimate of drug-likeness (QED) is 0.0635. The van der Waals surface area contributed by atoms with Gasteiger partial charge < -0.3 is 24.1 Å². The fourth-order valence-corrected chi connectivity index (χ4v) is 8.49. The molecule has 11 aromatic rings. The molecule has 0 bridgehead atoms. The van der Waals surface area contributed by atoms with E-state index in [4.69, 9.17) is 10.5 Å². The minimum absolute atomic E-state index is 0. The number of carbonyl (C=O) groups is 4. The molecule has 0 saturated heterocycles. The van der Waals surface area contributed by atoms with Crippen LogP contribution >= 0.6 is 15.9 Å². The number of carbonyl (C=O) groups excluding carboxylic acids is 4. The zero-order valence-electron chi connectivity index (χ0n) is 53.7. The number of benzene rings is 5. The summed E-state index contributed by atoms with van der Waals surface area (Å²) in [5.41, 5.74) is 6.86. The molecule has 6 aromatic heterocycles. The van der Waals surface area contributed by atoms with Gasteiger partial charge in [0.05, 0.1) is 24.1 Å². The third kappa shape index (κ3) is 27.7. The largest absolute Gasteiger partial charge is 0.454 e. The zero-order valence-corrected chi connectivity index (χ0v) is 55.2. The molecule has 0 aliphatic rings. The second-order valence-electron chi connectivity index (χ2n) is 17.3. The predicted octanol–water partition coefficient (Wildman–Crippen LogP) is 21.9. The molecule has 5 aromatic carbocycles. The number of nitrogens with zero attached hydrogens (tertiary/aromatic N) is 7. The van der Waals surface area contributed by atoms with Crippen LogP contribution in [-0.4, -0.2) is 79.3 Å². The highest BCUT2D eigenvalue weighted by Crippen LogP contribution is 2.28. The zero-order chi connectivity index (χ0) is 66.7. The number of ketones is 4. The normalized spacial score (nSPS) is 9.32. The Hall–Kier alpha value is -9.20. The van der Waals surface area contributed by atoms with Gasteiger partial charge >= 0.3 is 6.18 Å². The average Bonchev–Trinajstić information content (AvgIpc) is 1.73. The lowest BCUT2D eigenvalue weighted by molar-refractivity contribution is -0.0884. The summed E-state index contributed by atoms with van der Waals surface area (Å²) in [5, 5.41) is 35.7. The minimum atomic E-state index is -4.83. The highest BCUT2D eigenvalue weighted by Gasteiger charge is 2.40. The Balaban J connectivity index is -0.000000506. The molecular formula is C74H103BrF3N11O4. The molecule has 19 heteroatoms. The van der Waals surface area contributed by atoms with Crippen LogP contribution in [0, 0.1) is 22.7 Å². The molecule has 0 saturated carbocycles. The van der Waals surface area contributed by atoms with Gasteiger partial charge in [-0.25, -0.2) is 0 Å². The number of nitrogens with one attached hydrogen (secondary N) is 4. The maximum Gasteiger partial charge on any atom is 0.454 e. The summed E-state index contributed by atoms with van der Waals surface area (Å²) in [6.45, 7) is 27.0. The van der Waals surface area contributed by atoms with Gasteiger partial charge in [0.2, 0.25) is 0 Å². The molecule has 0 aliphatic heterocycles. The molecule has 0 radical (unpaired) electrons. The van der Waals surface area contributed by atoms with Gasteiger partial charge in [0.25, 0.3) is 5.78 Å². The summed E-state index contributed by atoms with van der Waals surface area (Å²) in [5.74, 6) is -0.639. The monoisotopic (exact) mass is 1350 g/mol. The number of para-hydroxylation sites is 5. The van der Waals surface area contributed by atoms with E-state index in [9.17, 15) is 32.3 Å². The lowest BCUT2D eigenvalue weighted by Gasteiger charge is -2.02. The summed E-state index contributed by atoms with van der Waals surface area (Å²) in [6.07, 6.45) is 7.11. The van der Waals surface area contributed by atoms with E-state index in [0.29, 0.717) is 61.8 Å². The van der Waals surface area contributed by atoms with Crippen molar-refractivity contribution in [3.63, 3.8) is 0 Å². The van der Waals surface area contributed by atoms with Gasteiger partial charge in [0.15, 0.2) is 23.2 Å². The summed E-state index contributed by atoms with van der Waals surface area (Å²) in [6, 6.07) is 44.4. The first kappa shape index (κ1) is 90.2. The molecular weight excluding hydrogens is 1240 g/mol. The number of aryl methyl sites for hydroxylation is 3. The van der Waals surface area contributed by atoms with Crippen LogP contribution in [-0.2, 0) is 19.5 Å². The van der Waals surface area contributed by atoms with Crippen LogP contribution in [0.5, 0.6) is 0 Å². The predicted molar refractivity (Wildman–Crippen MR) is 389 cm³/mol. The Morgan fingerprint density at radius 1 is 0.505 bits per heavy atom. The van der Waals surface area contributed by atoms with Crippen molar-refractivity contribution in [3.8, 4) is 12.1 Å². The fraction of sp³-hybridized carbons (Fsp3) is 0.365. The number of hydrogen-bond donors (Lipinski definition) is 4. The Labute approximate surface area is 559 Å². The maximum absolute atomic E-state index is 12.2. The highest BCUT2D eigenvalue weighted by atomic mass is 79.9. The number of rotatable bonds is 13. The van der Waals surface area contributed by atoms with Crippen molar-refractivity contribution >= 4 is 93.6 Å². The van der Waals surface area contributed by atoms with E-state index in [1.165, 1.54) is 17.0 Å². The first-order chi connectivity index (χ1) is 43.3. The third-order valence-corrected chi connectivity index (χ3v) is 12.6. The first-order valence-electron chi connectivity index (χ1n) is 30.3. The van der Waals surface area contributed by atoms with Crippen molar-refractivity contribution in [2.24, 2.45) is 0 Å². The fourth-order valence-electron chi connectivity index (χ4n) is 8.31. The molecule has 0 atom stereocenters.